The van der Waals surface area contributed by atoms with Gasteiger partial charge in [-0.1, -0.05) is 18.9 Å². The Bertz CT molecular complexity index is 450. The number of methoxy groups -OCH3 is 2. The maximum absolute atomic E-state index is 5.37. The largest absolute Gasteiger partial charge is 0.493 e. The Hall–Kier alpha value is -1.26. The molecule has 2 unspecified atom stereocenters. The van der Waals surface area contributed by atoms with Crippen LogP contribution in [0.3, 0.4) is 0 Å². The van der Waals surface area contributed by atoms with E-state index in [0.29, 0.717) is 18.2 Å². The van der Waals surface area contributed by atoms with Gasteiger partial charge in [0.25, 0.3) is 0 Å². The van der Waals surface area contributed by atoms with Crippen LogP contribution in [-0.4, -0.2) is 32.5 Å². The molecule has 1 aromatic carbocycles. The number of ether oxygens (including phenoxy) is 2. The van der Waals surface area contributed by atoms with Crippen molar-refractivity contribution in [1.29, 1.82) is 0 Å². The van der Waals surface area contributed by atoms with E-state index < -0.39 is 0 Å². The van der Waals surface area contributed by atoms with Crippen LogP contribution in [0, 0.1) is 0 Å². The van der Waals surface area contributed by atoms with E-state index in [9.17, 15) is 0 Å². The van der Waals surface area contributed by atoms with Crippen LogP contribution in [0.1, 0.15) is 31.2 Å². The number of hydrogen-bond acceptors (Lipinski definition) is 4. The second kappa shape index (κ2) is 6.02. The van der Waals surface area contributed by atoms with E-state index in [1.54, 1.807) is 14.2 Å². The third-order valence-electron chi connectivity index (χ3n) is 4.48. The third kappa shape index (κ3) is 2.76. The van der Waals surface area contributed by atoms with Crippen LogP contribution in [0.5, 0.6) is 11.5 Å². The van der Waals surface area contributed by atoms with Gasteiger partial charge < -0.3 is 9.47 Å². The number of fused-ring (bicyclic) bond motifs is 1. The summed E-state index contributed by atoms with van der Waals surface area (Å²) in [7, 11) is 3.35. The predicted octanol–water partition coefficient (Wildman–Crippen LogP) is 2.08. The summed E-state index contributed by atoms with van der Waals surface area (Å²) in [6.07, 6.45) is 6.69. The minimum atomic E-state index is 0.376. The summed E-state index contributed by atoms with van der Waals surface area (Å²) in [6.45, 7) is 0. The molecule has 0 spiro atoms. The van der Waals surface area contributed by atoms with Crippen LogP contribution >= 0.6 is 0 Å². The molecule has 110 valence electrons. The van der Waals surface area contributed by atoms with Crippen molar-refractivity contribution >= 4 is 0 Å². The van der Waals surface area contributed by atoms with E-state index in [1.807, 2.05) is 6.07 Å². The van der Waals surface area contributed by atoms with E-state index in [-0.39, 0.29) is 0 Å². The molecule has 4 heteroatoms. The van der Waals surface area contributed by atoms with Gasteiger partial charge in [-0.2, -0.15) is 0 Å². The first-order valence-corrected chi connectivity index (χ1v) is 7.53. The molecule has 1 saturated heterocycles. The lowest BCUT2D eigenvalue weighted by atomic mass is 9.92. The Balaban J connectivity index is 1.66. The molecule has 2 aliphatic rings. The minimum Gasteiger partial charge on any atom is -0.493 e. The lowest BCUT2D eigenvalue weighted by Crippen LogP contribution is -2.36. The second-order valence-corrected chi connectivity index (χ2v) is 5.78. The van der Waals surface area contributed by atoms with Crippen molar-refractivity contribution in [3.63, 3.8) is 0 Å². The van der Waals surface area contributed by atoms with E-state index in [0.717, 1.165) is 17.9 Å². The van der Waals surface area contributed by atoms with Gasteiger partial charge in [-0.05, 0) is 30.5 Å². The first-order chi connectivity index (χ1) is 9.80. The fourth-order valence-electron chi connectivity index (χ4n) is 3.46. The van der Waals surface area contributed by atoms with Gasteiger partial charge >= 0.3 is 0 Å². The van der Waals surface area contributed by atoms with Crippen molar-refractivity contribution in [1.82, 2.24) is 10.6 Å². The fourth-order valence-corrected chi connectivity index (χ4v) is 3.46. The molecule has 2 atom stereocenters. The van der Waals surface area contributed by atoms with Crippen molar-refractivity contribution in [2.24, 2.45) is 0 Å². The molecule has 0 amide bonds. The van der Waals surface area contributed by atoms with Gasteiger partial charge in [-0.3, -0.25) is 10.6 Å². The van der Waals surface area contributed by atoms with Crippen molar-refractivity contribution in [2.75, 3.05) is 14.2 Å². The summed E-state index contributed by atoms with van der Waals surface area (Å²) in [4.78, 5) is 0. The standard InChI is InChI=1S/C16H24N2O2/c1-19-14-8-7-11(9-15(14)20-2)10-16-17-12-5-3-4-6-13(12)18-16/h7-9,12-13,16-18H,3-6,10H2,1-2H3. The van der Waals surface area contributed by atoms with Crippen molar-refractivity contribution in [2.45, 2.75) is 50.4 Å². The molecule has 1 aliphatic carbocycles. The van der Waals surface area contributed by atoms with Crippen LogP contribution in [0.25, 0.3) is 0 Å². The number of benzene rings is 1. The Morgan fingerprint density at radius 1 is 1.00 bits per heavy atom. The van der Waals surface area contributed by atoms with Gasteiger partial charge in [0.1, 0.15) is 0 Å². The Kier molecular flexibility index (Phi) is 4.13. The maximum Gasteiger partial charge on any atom is 0.160 e. The molecular weight excluding hydrogens is 252 g/mol. The first-order valence-electron chi connectivity index (χ1n) is 7.53. The van der Waals surface area contributed by atoms with Crippen LogP contribution in [-0.2, 0) is 6.42 Å². The quantitative estimate of drug-likeness (QED) is 0.883. The number of rotatable bonds is 4. The zero-order valence-corrected chi connectivity index (χ0v) is 12.3. The van der Waals surface area contributed by atoms with Crippen LogP contribution in [0.4, 0.5) is 0 Å². The van der Waals surface area contributed by atoms with Gasteiger partial charge in [-0.25, -0.2) is 0 Å². The molecule has 3 rings (SSSR count). The molecule has 0 radical (unpaired) electrons. The Morgan fingerprint density at radius 2 is 1.65 bits per heavy atom. The van der Waals surface area contributed by atoms with Gasteiger partial charge in [-0.15, -0.1) is 0 Å². The molecule has 20 heavy (non-hydrogen) atoms. The highest BCUT2D eigenvalue weighted by Crippen LogP contribution is 2.29. The molecule has 1 saturated carbocycles. The smallest absolute Gasteiger partial charge is 0.160 e. The van der Waals surface area contributed by atoms with Crippen LogP contribution < -0.4 is 20.1 Å². The summed E-state index contributed by atoms with van der Waals surface area (Å²) < 4.78 is 10.7. The highest BCUT2D eigenvalue weighted by molar-refractivity contribution is 5.43. The number of hydrogen-bond donors (Lipinski definition) is 2. The van der Waals surface area contributed by atoms with E-state index in [2.05, 4.69) is 22.8 Å². The summed E-state index contributed by atoms with van der Waals surface area (Å²) >= 11 is 0. The van der Waals surface area contributed by atoms with E-state index >= 15 is 0 Å². The summed E-state index contributed by atoms with van der Waals surface area (Å²) in [6, 6.07) is 7.50. The molecule has 2 fully saturated rings. The number of nitrogens with one attached hydrogen (secondary N) is 2. The second-order valence-electron chi connectivity index (χ2n) is 5.78. The van der Waals surface area contributed by atoms with Crippen LogP contribution in [0.2, 0.25) is 0 Å². The molecule has 4 nitrogen and oxygen atoms in total. The molecule has 1 aliphatic heterocycles. The molecular formula is C16H24N2O2. The Morgan fingerprint density at radius 3 is 2.25 bits per heavy atom. The van der Waals surface area contributed by atoms with E-state index in [4.69, 9.17) is 9.47 Å². The van der Waals surface area contributed by atoms with Gasteiger partial charge in [0.05, 0.1) is 20.4 Å². The van der Waals surface area contributed by atoms with Gasteiger partial charge in [0.2, 0.25) is 0 Å². The average Bonchev–Trinajstić information content (AvgIpc) is 2.89. The van der Waals surface area contributed by atoms with Crippen molar-refractivity contribution < 1.29 is 9.47 Å². The average molecular weight is 276 g/mol. The first kappa shape index (κ1) is 13.7. The van der Waals surface area contributed by atoms with E-state index in [1.165, 1.54) is 31.2 Å². The SMILES string of the molecule is COc1ccc(CC2NC3CCCCC3N2)cc1OC. The third-order valence-corrected chi connectivity index (χ3v) is 4.48. The highest BCUT2D eigenvalue weighted by atomic mass is 16.5. The molecule has 2 N–H and O–H groups in total. The predicted molar refractivity (Wildman–Crippen MR) is 79.4 cm³/mol. The summed E-state index contributed by atoms with van der Waals surface area (Å²) in [5.41, 5.74) is 1.27. The van der Waals surface area contributed by atoms with Crippen molar-refractivity contribution in [3.05, 3.63) is 23.8 Å². The van der Waals surface area contributed by atoms with Gasteiger partial charge in [0.15, 0.2) is 11.5 Å². The zero-order valence-electron chi connectivity index (χ0n) is 12.3. The fraction of sp³-hybridized carbons (Fsp3) is 0.625. The normalized spacial score (nSPS) is 29.0. The molecule has 1 aromatic rings. The lowest BCUT2D eigenvalue weighted by molar-refractivity contribution is 0.354. The Labute approximate surface area is 120 Å². The van der Waals surface area contributed by atoms with Gasteiger partial charge in [0, 0.05) is 18.5 Å². The molecule has 0 aromatic heterocycles. The maximum atomic E-state index is 5.37. The molecule has 1 heterocycles. The summed E-state index contributed by atoms with van der Waals surface area (Å²) in [5.74, 6) is 1.60. The lowest BCUT2D eigenvalue weighted by Gasteiger charge is -2.23. The monoisotopic (exact) mass is 276 g/mol. The zero-order chi connectivity index (χ0) is 13.9. The van der Waals surface area contributed by atoms with Crippen molar-refractivity contribution in [3.8, 4) is 11.5 Å². The molecule has 0 bridgehead atoms. The topological polar surface area (TPSA) is 42.5 Å². The van der Waals surface area contributed by atoms with Crippen LogP contribution in [0.15, 0.2) is 18.2 Å². The minimum absolute atomic E-state index is 0.376. The summed E-state index contributed by atoms with van der Waals surface area (Å²) in [5, 5.41) is 7.45. The highest BCUT2D eigenvalue weighted by Gasteiger charge is 2.34.